The number of nitrogens with zero attached hydrogens (tertiary/aromatic N) is 4. The van der Waals surface area contributed by atoms with E-state index in [2.05, 4.69) is 15.2 Å². The highest BCUT2D eigenvalue weighted by molar-refractivity contribution is 5.91. The van der Waals surface area contributed by atoms with Crippen LogP contribution in [0.5, 0.6) is 0 Å². The summed E-state index contributed by atoms with van der Waals surface area (Å²) in [6, 6.07) is 0. The van der Waals surface area contributed by atoms with Crippen molar-refractivity contribution in [2.24, 2.45) is 11.3 Å². The van der Waals surface area contributed by atoms with Gasteiger partial charge in [0.25, 0.3) is 5.91 Å². The standard InChI is InChI=1S/C17H24FN5O2/c1-16(18)4-2-3-6-23(10-16)15(25)17-5-7-22(9-12(17)8-17)14(24)13-19-11-20-21-13/h11-12H,2-10H2,1H3,(H,19,20,21)/t12-,16+,17+/m0/s1. The Hall–Kier alpha value is -1.99. The maximum Gasteiger partial charge on any atom is 0.291 e. The molecule has 0 spiro atoms. The Morgan fingerprint density at radius 2 is 2.12 bits per heavy atom. The summed E-state index contributed by atoms with van der Waals surface area (Å²) in [6.07, 6.45) is 4.97. The first-order valence-corrected chi connectivity index (χ1v) is 9.04. The molecule has 7 nitrogen and oxygen atoms in total. The number of aromatic amines is 1. The molecule has 4 rings (SSSR count). The van der Waals surface area contributed by atoms with Crippen LogP contribution in [0, 0.1) is 11.3 Å². The van der Waals surface area contributed by atoms with Crippen LogP contribution in [0.1, 0.15) is 49.6 Å². The quantitative estimate of drug-likeness (QED) is 0.875. The molecule has 0 radical (unpaired) electrons. The number of amides is 2. The lowest BCUT2D eigenvalue weighted by Gasteiger charge is -2.35. The number of piperidine rings is 1. The molecule has 1 aliphatic carbocycles. The van der Waals surface area contributed by atoms with Crippen molar-refractivity contribution in [1.82, 2.24) is 25.0 Å². The van der Waals surface area contributed by atoms with E-state index in [0.29, 0.717) is 32.5 Å². The molecule has 3 atom stereocenters. The summed E-state index contributed by atoms with van der Waals surface area (Å²) in [5.74, 6) is 0.335. The highest BCUT2D eigenvalue weighted by Gasteiger charge is 2.63. The lowest BCUT2D eigenvalue weighted by atomic mass is 9.92. The van der Waals surface area contributed by atoms with Crippen molar-refractivity contribution >= 4 is 11.8 Å². The normalized spacial score (nSPS) is 35.0. The molecule has 8 heteroatoms. The van der Waals surface area contributed by atoms with Crippen LogP contribution in [0.25, 0.3) is 0 Å². The van der Waals surface area contributed by atoms with Gasteiger partial charge in [-0.2, -0.15) is 5.10 Å². The van der Waals surface area contributed by atoms with Crippen LogP contribution in [-0.2, 0) is 4.79 Å². The van der Waals surface area contributed by atoms with Crippen LogP contribution in [0.15, 0.2) is 6.33 Å². The van der Waals surface area contributed by atoms with E-state index in [9.17, 15) is 14.0 Å². The molecule has 1 saturated carbocycles. The molecule has 3 heterocycles. The van der Waals surface area contributed by atoms with Crippen molar-refractivity contribution in [1.29, 1.82) is 0 Å². The van der Waals surface area contributed by atoms with Crippen LogP contribution in [-0.4, -0.2) is 68.6 Å². The molecule has 2 saturated heterocycles. The van der Waals surface area contributed by atoms with Gasteiger partial charge >= 0.3 is 0 Å². The van der Waals surface area contributed by atoms with E-state index >= 15 is 0 Å². The summed E-state index contributed by atoms with van der Waals surface area (Å²) in [6.45, 7) is 3.53. The van der Waals surface area contributed by atoms with Crippen molar-refractivity contribution in [3.05, 3.63) is 12.2 Å². The van der Waals surface area contributed by atoms with E-state index in [0.717, 1.165) is 19.3 Å². The summed E-state index contributed by atoms with van der Waals surface area (Å²) >= 11 is 0. The molecule has 2 amide bonds. The molecule has 1 aromatic heterocycles. The number of halogens is 1. The molecule has 1 aromatic rings. The monoisotopic (exact) mass is 349 g/mol. The van der Waals surface area contributed by atoms with Crippen LogP contribution in [0.3, 0.4) is 0 Å². The minimum Gasteiger partial charge on any atom is -0.339 e. The van der Waals surface area contributed by atoms with E-state index in [-0.39, 0.29) is 35.5 Å². The number of nitrogens with one attached hydrogen (secondary N) is 1. The molecule has 136 valence electrons. The second-order valence-corrected chi connectivity index (χ2v) is 7.99. The summed E-state index contributed by atoms with van der Waals surface area (Å²) in [5, 5.41) is 6.31. The minimum atomic E-state index is -1.30. The van der Waals surface area contributed by atoms with E-state index in [1.54, 1.807) is 16.7 Å². The molecule has 0 aromatic carbocycles. The number of carbonyl (C=O) groups is 2. The number of alkyl halides is 1. The second kappa shape index (κ2) is 5.78. The van der Waals surface area contributed by atoms with Crippen LogP contribution < -0.4 is 0 Å². The lowest BCUT2D eigenvalue weighted by Crippen LogP contribution is -2.48. The fourth-order valence-corrected chi connectivity index (χ4v) is 4.47. The Bertz CT molecular complexity index is 677. The third kappa shape index (κ3) is 2.91. The van der Waals surface area contributed by atoms with Crippen LogP contribution in [0.4, 0.5) is 4.39 Å². The van der Waals surface area contributed by atoms with Gasteiger partial charge in [-0.15, -0.1) is 0 Å². The predicted molar refractivity (Wildman–Crippen MR) is 87.4 cm³/mol. The molecule has 3 aliphatic rings. The zero-order valence-electron chi connectivity index (χ0n) is 14.5. The third-order valence-corrected chi connectivity index (χ3v) is 6.02. The Kier molecular flexibility index (Phi) is 3.81. The Morgan fingerprint density at radius 3 is 2.84 bits per heavy atom. The number of likely N-dealkylation sites (tertiary alicyclic amines) is 2. The number of rotatable bonds is 2. The van der Waals surface area contributed by atoms with E-state index in [1.165, 1.54) is 6.33 Å². The van der Waals surface area contributed by atoms with Gasteiger partial charge in [0.2, 0.25) is 11.7 Å². The largest absolute Gasteiger partial charge is 0.339 e. The molecular formula is C17H24FN5O2. The maximum absolute atomic E-state index is 14.5. The van der Waals surface area contributed by atoms with E-state index in [1.807, 2.05) is 0 Å². The fraction of sp³-hybridized carbons (Fsp3) is 0.765. The van der Waals surface area contributed by atoms with E-state index < -0.39 is 5.67 Å². The summed E-state index contributed by atoms with van der Waals surface area (Å²) in [5.41, 5.74) is -1.67. The number of hydrogen-bond acceptors (Lipinski definition) is 4. The van der Waals surface area contributed by atoms with E-state index in [4.69, 9.17) is 0 Å². The Labute approximate surface area is 146 Å². The van der Waals surface area contributed by atoms with Gasteiger partial charge in [0.15, 0.2) is 0 Å². The van der Waals surface area contributed by atoms with Gasteiger partial charge in [-0.3, -0.25) is 14.7 Å². The van der Waals surface area contributed by atoms with Crippen molar-refractivity contribution in [3.8, 4) is 0 Å². The van der Waals surface area contributed by atoms with Gasteiger partial charge in [0.05, 0.1) is 12.0 Å². The topological polar surface area (TPSA) is 82.2 Å². The number of aromatic nitrogens is 3. The fourth-order valence-electron chi connectivity index (χ4n) is 4.47. The molecule has 1 N–H and O–H groups in total. The Balaban J connectivity index is 1.42. The molecule has 2 aliphatic heterocycles. The minimum absolute atomic E-state index is 0.0926. The van der Waals surface area contributed by atoms with Gasteiger partial charge in [-0.05, 0) is 44.9 Å². The first kappa shape index (κ1) is 16.5. The lowest BCUT2D eigenvalue weighted by molar-refractivity contribution is -0.140. The van der Waals surface area contributed by atoms with Gasteiger partial charge < -0.3 is 9.80 Å². The molecule has 25 heavy (non-hydrogen) atoms. The third-order valence-electron chi connectivity index (χ3n) is 6.02. The highest BCUT2D eigenvalue weighted by atomic mass is 19.1. The zero-order valence-corrected chi connectivity index (χ0v) is 14.5. The molecule has 3 fully saturated rings. The average Bonchev–Trinajstić information content (AvgIpc) is 3.14. The van der Waals surface area contributed by atoms with Crippen molar-refractivity contribution in [3.63, 3.8) is 0 Å². The number of fused-ring (bicyclic) bond motifs is 1. The van der Waals surface area contributed by atoms with Gasteiger partial charge in [0, 0.05) is 19.6 Å². The smallest absolute Gasteiger partial charge is 0.291 e. The molecule has 0 bridgehead atoms. The van der Waals surface area contributed by atoms with Gasteiger partial charge in [-0.1, -0.05) is 0 Å². The van der Waals surface area contributed by atoms with Gasteiger partial charge in [0.1, 0.15) is 12.0 Å². The number of H-pyrrole nitrogens is 1. The maximum atomic E-state index is 14.5. The Morgan fingerprint density at radius 1 is 1.28 bits per heavy atom. The predicted octanol–water partition coefficient (Wildman–Crippen LogP) is 1.40. The number of carbonyl (C=O) groups excluding carboxylic acids is 2. The van der Waals surface area contributed by atoms with Crippen molar-refractivity contribution in [2.75, 3.05) is 26.2 Å². The summed E-state index contributed by atoms with van der Waals surface area (Å²) in [7, 11) is 0. The van der Waals surface area contributed by atoms with Crippen molar-refractivity contribution < 1.29 is 14.0 Å². The second-order valence-electron chi connectivity index (χ2n) is 7.99. The van der Waals surface area contributed by atoms with Crippen LogP contribution >= 0.6 is 0 Å². The van der Waals surface area contributed by atoms with Crippen LogP contribution in [0.2, 0.25) is 0 Å². The average molecular weight is 349 g/mol. The van der Waals surface area contributed by atoms with Crippen molar-refractivity contribution in [2.45, 2.75) is 44.7 Å². The highest BCUT2D eigenvalue weighted by Crippen LogP contribution is 2.59. The summed E-state index contributed by atoms with van der Waals surface area (Å²) in [4.78, 5) is 32.9. The summed E-state index contributed by atoms with van der Waals surface area (Å²) < 4.78 is 14.5. The molecular weight excluding hydrogens is 325 g/mol. The van der Waals surface area contributed by atoms with Gasteiger partial charge in [-0.25, -0.2) is 9.37 Å². The molecule has 0 unspecified atom stereocenters. The zero-order chi connectivity index (χ0) is 17.7. The first-order chi connectivity index (χ1) is 11.9. The number of hydrogen-bond donors (Lipinski definition) is 1. The SMILES string of the molecule is C[C@@]1(F)CCCCN(C(=O)[C@@]23CCN(C(=O)c4ncn[nH]4)C[C@@H]2C3)C1. The first-order valence-electron chi connectivity index (χ1n) is 9.04.